The Morgan fingerprint density at radius 1 is 1.30 bits per heavy atom. The second-order valence-electron chi connectivity index (χ2n) is 5.50. The summed E-state index contributed by atoms with van der Waals surface area (Å²) in [6, 6.07) is 4.78. The van der Waals surface area contributed by atoms with Gasteiger partial charge < -0.3 is 10.3 Å². The zero-order valence-corrected chi connectivity index (χ0v) is 12.0. The minimum Gasteiger partial charge on any atom is -0.349 e. The smallest absolute Gasteiger partial charge is 0.128 e. The fourth-order valence-electron chi connectivity index (χ4n) is 2.90. The summed E-state index contributed by atoms with van der Waals surface area (Å²) in [5, 5.41) is 0.562. The molecule has 0 bridgehead atoms. The van der Waals surface area contributed by atoms with Crippen molar-refractivity contribution >= 4 is 11.6 Å². The van der Waals surface area contributed by atoms with Gasteiger partial charge in [-0.1, -0.05) is 18.0 Å². The topological polar surface area (TPSA) is 30.9 Å². The van der Waals surface area contributed by atoms with Gasteiger partial charge in [0.1, 0.15) is 5.82 Å². The second-order valence-corrected chi connectivity index (χ2v) is 5.94. The number of nitrogens with two attached hydrogens (primary N) is 1. The van der Waals surface area contributed by atoms with E-state index < -0.39 is 0 Å². The molecule has 1 aromatic heterocycles. The Balaban J connectivity index is 1.88. The summed E-state index contributed by atoms with van der Waals surface area (Å²) in [4.78, 5) is 0. The molecule has 1 heterocycles. The maximum Gasteiger partial charge on any atom is 0.128 e. The normalized spacial score (nSPS) is 18.6. The maximum atomic E-state index is 13.8. The van der Waals surface area contributed by atoms with Gasteiger partial charge in [-0.25, -0.2) is 4.39 Å². The molecule has 106 valence electrons. The van der Waals surface area contributed by atoms with E-state index in [-0.39, 0.29) is 11.9 Å². The largest absolute Gasteiger partial charge is 0.349 e. The molecule has 1 aliphatic carbocycles. The molecule has 4 heteroatoms. The quantitative estimate of drug-likeness (QED) is 0.832. The van der Waals surface area contributed by atoms with Gasteiger partial charge in [-0.15, -0.1) is 0 Å². The van der Waals surface area contributed by atoms with Crippen LogP contribution in [0, 0.1) is 5.82 Å². The number of fused-ring (bicyclic) bond motifs is 1. The highest BCUT2D eigenvalue weighted by Crippen LogP contribution is 2.28. The van der Waals surface area contributed by atoms with Crippen LogP contribution in [0.3, 0.4) is 0 Å². The third-order valence-electron chi connectivity index (χ3n) is 3.97. The van der Waals surface area contributed by atoms with Crippen LogP contribution in [0.4, 0.5) is 4.39 Å². The number of rotatable bonds is 2. The average Bonchev–Trinajstić information content (AvgIpc) is 2.74. The molecular formula is C16H18ClFN2. The first-order valence-corrected chi connectivity index (χ1v) is 7.39. The minimum absolute atomic E-state index is 0.109. The number of aromatic nitrogens is 1. The first kappa shape index (κ1) is 13.7. The molecular weight excluding hydrogens is 275 g/mol. The Bertz CT molecular complexity index is 621. The predicted octanol–water partition coefficient (Wildman–Crippen LogP) is 4.06. The van der Waals surface area contributed by atoms with Gasteiger partial charge in [0.05, 0.1) is 0 Å². The first-order chi connectivity index (χ1) is 9.63. The van der Waals surface area contributed by atoms with Crippen molar-refractivity contribution in [2.24, 2.45) is 5.73 Å². The van der Waals surface area contributed by atoms with Crippen LogP contribution < -0.4 is 5.73 Å². The lowest BCUT2D eigenvalue weighted by molar-refractivity contribution is 0.594. The molecule has 1 unspecified atom stereocenters. The van der Waals surface area contributed by atoms with E-state index in [1.165, 1.54) is 30.0 Å². The van der Waals surface area contributed by atoms with Gasteiger partial charge >= 0.3 is 0 Å². The lowest BCUT2D eigenvalue weighted by atomic mass is 10.1. The molecule has 0 fully saturated rings. The SMILES string of the molecule is NC1CCCCc2cn(Cc3cc(Cl)ccc3F)cc21. The highest BCUT2D eigenvalue weighted by atomic mass is 35.5. The Morgan fingerprint density at radius 2 is 2.15 bits per heavy atom. The Morgan fingerprint density at radius 3 is 3.00 bits per heavy atom. The van der Waals surface area contributed by atoms with E-state index in [1.807, 2.05) is 4.57 Å². The van der Waals surface area contributed by atoms with Crippen molar-refractivity contribution in [1.82, 2.24) is 4.57 Å². The molecule has 2 nitrogen and oxygen atoms in total. The Labute approximate surface area is 123 Å². The van der Waals surface area contributed by atoms with Crippen LogP contribution in [-0.4, -0.2) is 4.57 Å². The Kier molecular flexibility index (Phi) is 3.81. The van der Waals surface area contributed by atoms with Crippen molar-refractivity contribution in [3.05, 3.63) is 58.1 Å². The van der Waals surface area contributed by atoms with E-state index in [2.05, 4.69) is 12.4 Å². The monoisotopic (exact) mass is 292 g/mol. The van der Waals surface area contributed by atoms with Crippen LogP contribution in [0.25, 0.3) is 0 Å². The molecule has 1 aliphatic rings. The molecule has 20 heavy (non-hydrogen) atoms. The number of aryl methyl sites for hydroxylation is 1. The summed E-state index contributed by atoms with van der Waals surface area (Å²) in [5.41, 5.74) is 9.32. The van der Waals surface area contributed by atoms with Crippen LogP contribution in [0.1, 0.15) is 42.0 Å². The molecule has 0 radical (unpaired) electrons. The third kappa shape index (κ3) is 2.74. The van der Waals surface area contributed by atoms with Gasteiger partial charge in [0.25, 0.3) is 0 Å². The lowest BCUT2D eigenvalue weighted by Crippen LogP contribution is -2.09. The zero-order valence-electron chi connectivity index (χ0n) is 11.3. The number of hydrogen-bond acceptors (Lipinski definition) is 1. The van der Waals surface area contributed by atoms with E-state index in [9.17, 15) is 4.39 Å². The molecule has 2 aromatic rings. The molecule has 2 N–H and O–H groups in total. The van der Waals surface area contributed by atoms with Gasteiger partial charge in [0.2, 0.25) is 0 Å². The van der Waals surface area contributed by atoms with Gasteiger partial charge in [-0.05, 0) is 48.6 Å². The third-order valence-corrected chi connectivity index (χ3v) is 4.20. The second kappa shape index (κ2) is 5.58. The fourth-order valence-corrected chi connectivity index (χ4v) is 3.10. The molecule has 0 saturated heterocycles. The van der Waals surface area contributed by atoms with Crippen molar-refractivity contribution in [1.29, 1.82) is 0 Å². The Hall–Kier alpha value is -1.32. The van der Waals surface area contributed by atoms with Crippen LogP contribution in [0.5, 0.6) is 0 Å². The number of halogens is 2. The molecule has 1 atom stereocenters. The average molecular weight is 293 g/mol. The molecule has 1 aromatic carbocycles. The number of nitrogens with zero attached hydrogens (tertiary/aromatic N) is 1. The minimum atomic E-state index is -0.220. The summed E-state index contributed by atoms with van der Waals surface area (Å²) in [6.07, 6.45) is 8.61. The highest BCUT2D eigenvalue weighted by Gasteiger charge is 2.17. The van der Waals surface area contributed by atoms with Crippen molar-refractivity contribution in [3.8, 4) is 0 Å². The van der Waals surface area contributed by atoms with E-state index >= 15 is 0 Å². The van der Waals surface area contributed by atoms with Gasteiger partial charge in [-0.2, -0.15) is 0 Å². The highest BCUT2D eigenvalue weighted by molar-refractivity contribution is 6.30. The van der Waals surface area contributed by atoms with Crippen molar-refractivity contribution < 1.29 is 4.39 Å². The van der Waals surface area contributed by atoms with E-state index in [1.54, 1.807) is 12.1 Å². The van der Waals surface area contributed by atoms with Gasteiger partial charge in [-0.3, -0.25) is 0 Å². The number of benzene rings is 1. The lowest BCUT2D eigenvalue weighted by Gasteiger charge is -2.08. The van der Waals surface area contributed by atoms with Gasteiger partial charge in [0, 0.05) is 35.6 Å². The molecule has 0 spiro atoms. The summed E-state index contributed by atoms with van der Waals surface area (Å²) in [7, 11) is 0. The molecule has 0 aliphatic heterocycles. The van der Waals surface area contributed by atoms with Crippen LogP contribution >= 0.6 is 11.6 Å². The van der Waals surface area contributed by atoms with Gasteiger partial charge in [0.15, 0.2) is 0 Å². The standard InChI is InChI=1S/C16H18ClFN2/c17-13-5-6-15(18)12(7-13)9-20-8-11-3-1-2-4-16(19)14(11)10-20/h5-8,10,16H,1-4,9,19H2. The van der Waals surface area contributed by atoms with Crippen LogP contribution in [0.2, 0.25) is 5.02 Å². The summed E-state index contributed by atoms with van der Waals surface area (Å²) >= 11 is 5.93. The molecule has 0 saturated carbocycles. The van der Waals surface area contributed by atoms with Crippen LogP contribution in [0.15, 0.2) is 30.6 Å². The van der Waals surface area contributed by atoms with E-state index in [0.717, 1.165) is 12.8 Å². The molecule has 3 rings (SSSR count). The first-order valence-electron chi connectivity index (χ1n) is 7.01. The van der Waals surface area contributed by atoms with Crippen molar-refractivity contribution in [2.45, 2.75) is 38.3 Å². The van der Waals surface area contributed by atoms with Crippen LogP contribution in [-0.2, 0) is 13.0 Å². The summed E-state index contributed by atoms with van der Waals surface area (Å²) < 4.78 is 15.8. The number of hydrogen-bond donors (Lipinski definition) is 1. The van der Waals surface area contributed by atoms with E-state index in [4.69, 9.17) is 17.3 Å². The van der Waals surface area contributed by atoms with E-state index in [0.29, 0.717) is 17.1 Å². The fraction of sp³-hybridized carbons (Fsp3) is 0.375. The zero-order chi connectivity index (χ0) is 14.1. The summed E-state index contributed by atoms with van der Waals surface area (Å²) in [5.74, 6) is -0.220. The van der Waals surface area contributed by atoms with Crippen molar-refractivity contribution in [2.75, 3.05) is 0 Å². The molecule has 0 amide bonds. The maximum absolute atomic E-state index is 13.8. The predicted molar refractivity (Wildman–Crippen MR) is 79.4 cm³/mol. The summed E-state index contributed by atoms with van der Waals surface area (Å²) in [6.45, 7) is 0.492. The van der Waals surface area contributed by atoms with Crippen molar-refractivity contribution in [3.63, 3.8) is 0 Å².